The minimum absolute atomic E-state index is 0.0697. The molecule has 1 aliphatic heterocycles. The molecule has 0 saturated heterocycles. The minimum atomic E-state index is -0.573. The second-order valence-electron chi connectivity index (χ2n) is 7.14. The zero-order valence-corrected chi connectivity index (χ0v) is 16.9. The third kappa shape index (κ3) is 3.80. The minimum Gasteiger partial charge on any atom is -0.393 e. The van der Waals surface area contributed by atoms with Crippen LogP contribution in [0.5, 0.6) is 0 Å². The first-order valence-electron chi connectivity index (χ1n) is 9.23. The largest absolute Gasteiger partial charge is 0.393 e. The van der Waals surface area contributed by atoms with E-state index in [2.05, 4.69) is 0 Å². The molecule has 1 fully saturated rings. The van der Waals surface area contributed by atoms with E-state index in [9.17, 15) is 19.1 Å². The maximum atomic E-state index is 13.7. The van der Waals surface area contributed by atoms with Crippen LogP contribution in [0, 0.1) is 5.82 Å². The van der Waals surface area contributed by atoms with Gasteiger partial charge in [-0.05, 0) is 74.0 Å². The van der Waals surface area contributed by atoms with Crippen molar-refractivity contribution in [2.75, 3.05) is 4.90 Å². The van der Waals surface area contributed by atoms with Crippen LogP contribution in [0.15, 0.2) is 41.3 Å². The molecule has 9 heteroatoms. The highest BCUT2D eigenvalue weighted by atomic mass is 35.5. The van der Waals surface area contributed by atoms with Gasteiger partial charge in [-0.15, -0.1) is 0 Å². The van der Waals surface area contributed by atoms with Crippen molar-refractivity contribution in [3.8, 4) is 0 Å². The van der Waals surface area contributed by atoms with Gasteiger partial charge in [-0.2, -0.15) is 0 Å². The predicted octanol–water partition coefficient (Wildman–Crippen LogP) is 4.46. The quantitative estimate of drug-likeness (QED) is 0.697. The number of nitrogens with zero attached hydrogens (tertiary/aromatic N) is 2. The van der Waals surface area contributed by atoms with E-state index in [1.54, 1.807) is 22.5 Å². The molecule has 6 nitrogen and oxygen atoms in total. The molecule has 1 saturated carbocycles. The number of benzene rings is 2. The van der Waals surface area contributed by atoms with Gasteiger partial charge >= 0.3 is 6.03 Å². The average Bonchev–Trinajstić information content (AvgIpc) is 2.70. The van der Waals surface area contributed by atoms with Gasteiger partial charge in [-0.3, -0.25) is 14.0 Å². The van der Waals surface area contributed by atoms with Gasteiger partial charge in [0, 0.05) is 11.6 Å². The molecule has 0 atom stereocenters. The van der Waals surface area contributed by atoms with Crippen LogP contribution in [0.2, 0.25) is 5.02 Å². The van der Waals surface area contributed by atoms with Crippen LogP contribution in [0.1, 0.15) is 36.0 Å². The fourth-order valence-corrected chi connectivity index (χ4v) is 5.01. The van der Waals surface area contributed by atoms with Crippen LogP contribution in [0.25, 0.3) is 0 Å². The number of anilines is 2. The monoisotopic (exact) mass is 435 g/mol. The van der Waals surface area contributed by atoms with E-state index in [-0.39, 0.29) is 23.2 Å². The third-order valence-corrected chi connectivity index (χ3v) is 6.69. The highest BCUT2D eigenvalue weighted by Gasteiger charge is 2.38. The number of carbonyl (C=O) groups excluding carboxylic acids is 2. The number of halogens is 2. The van der Waals surface area contributed by atoms with Crippen LogP contribution in [0.3, 0.4) is 0 Å². The summed E-state index contributed by atoms with van der Waals surface area (Å²) in [4.78, 5) is 27.2. The number of rotatable bonds is 3. The van der Waals surface area contributed by atoms with Crippen molar-refractivity contribution in [1.82, 2.24) is 4.31 Å². The van der Waals surface area contributed by atoms with Crippen LogP contribution in [-0.2, 0) is 0 Å². The van der Waals surface area contributed by atoms with Crippen molar-refractivity contribution in [3.05, 3.63) is 52.8 Å². The Hall–Kier alpha value is -2.29. The topological polar surface area (TPSA) is 86.9 Å². The average molecular weight is 436 g/mol. The number of aliphatic hydroxyl groups is 1. The van der Waals surface area contributed by atoms with Crippen LogP contribution in [0.4, 0.5) is 20.6 Å². The van der Waals surface area contributed by atoms with Crippen molar-refractivity contribution < 1.29 is 19.1 Å². The van der Waals surface area contributed by atoms with Crippen molar-refractivity contribution in [2.24, 2.45) is 5.73 Å². The zero-order chi connectivity index (χ0) is 20.7. The lowest BCUT2D eigenvalue weighted by Crippen LogP contribution is -2.46. The molecule has 1 heterocycles. The van der Waals surface area contributed by atoms with Crippen molar-refractivity contribution in [1.29, 1.82) is 0 Å². The number of fused-ring (bicyclic) bond motifs is 1. The molecule has 1 aliphatic carbocycles. The number of hydrogen-bond donors (Lipinski definition) is 2. The first-order chi connectivity index (χ1) is 13.8. The number of aliphatic hydroxyl groups excluding tert-OH is 1. The molecule has 152 valence electrons. The van der Waals surface area contributed by atoms with Gasteiger partial charge in [0.1, 0.15) is 5.82 Å². The number of urea groups is 1. The van der Waals surface area contributed by atoms with Crippen LogP contribution < -0.4 is 10.6 Å². The normalized spacial score (nSPS) is 21.8. The van der Waals surface area contributed by atoms with E-state index in [4.69, 9.17) is 17.3 Å². The summed E-state index contributed by atoms with van der Waals surface area (Å²) in [6.07, 6.45) is 2.22. The molecule has 2 aromatic rings. The molecular weight excluding hydrogens is 417 g/mol. The Morgan fingerprint density at radius 3 is 2.55 bits per heavy atom. The van der Waals surface area contributed by atoms with Gasteiger partial charge in [-0.25, -0.2) is 9.18 Å². The SMILES string of the molecule is NC(=O)c1ccc2c(c1)SN(C1CCC(O)CC1)C(=O)N2c1ccc(F)c(Cl)c1. The molecule has 4 rings (SSSR count). The maximum absolute atomic E-state index is 13.7. The second-order valence-corrected chi connectivity index (χ2v) is 8.57. The summed E-state index contributed by atoms with van der Waals surface area (Å²) in [7, 11) is 0. The maximum Gasteiger partial charge on any atom is 0.339 e. The number of carbonyl (C=O) groups is 2. The zero-order valence-electron chi connectivity index (χ0n) is 15.3. The molecule has 29 heavy (non-hydrogen) atoms. The molecule has 0 radical (unpaired) electrons. The van der Waals surface area contributed by atoms with Gasteiger partial charge in [0.25, 0.3) is 0 Å². The predicted molar refractivity (Wildman–Crippen MR) is 110 cm³/mol. The lowest BCUT2D eigenvalue weighted by molar-refractivity contribution is 0.0999. The number of nitrogens with two attached hydrogens (primary N) is 1. The molecule has 0 spiro atoms. The standard InChI is InChI=1S/C20H19ClFN3O3S/c21-15-10-13(4-7-16(15)22)24-17-8-1-11(19(23)27)9-18(17)29-25(20(24)28)12-2-5-14(26)6-3-12/h1,4,7-10,12,14,26H,2-3,5-6H2,(H2,23,27). The molecule has 0 aromatic heterocycles. The lowest BCUT2D eigenvalue weighted by atomic mass is 9.93. The first-order valence-corrected chi connectivity index (χ1v) is 10.4. The Morgan fingerprint density at radius 1 is 1.17 bits per heavy atom. The summed E-state index contributed by atoms with van der Waals surface area (Å²) in [5.41, 5.74) is 6.75. The number of amides is 3. The first kappa shape index (κ1) is 20.0. The van der Waals surface area contributed by atoms with Crippen molar-refractivity contribution >= 4 is 46.9 Å². The lowest BCUT2D eigenvalue weighted by Gasteiger charge is -2.41. The number of primary amides is 1. The Morgan fingerprint density at radius 2 is 1.90 bits per heavy atom. The highest BCUT2D eigenvalue weighted by molar-refractivity contribution is 7.97. The highest BCUT2D eigenvalue weighted by Crippen LogP contribution is 2.46. The summed E-state index contributed by atoms with van der Waals surface area (Å²) < 4.78 is 15.3. The molecule has 2 aliphatic rings. The molecule has 0 unspecified atom stereocenters. The van der Waals surface area contributed by atoms with E-state index in [1.807, 2.05) is 0 Å². The Kier molecular flexibility index (Phi) is 5.42. The number of hydrogen-bond acceptors (Lipinski definition) is 4. The molecule has 2 aromatic carbocycles. The fourth-order valence-electron chi connectivity index (χ4n) is 3.67. The smallest absolute Gasteiger partial charge is 0.339 e. The molecule has 3 amide bonds. The van der Waals surface area contributed by atoms with Crippen LogP contribution >= 0.6 is 23.5 Å². The Labute approximate surface area is 176 Å². The molecule has 0 bridgehead atoms. The van der Waals surface area contributed by atoms with E-state index in [0.717, 1.165) is 0 Å². The van der Waals surface area contributed by atoms with Crippen molar-refractivity contribution in [2.45, 2.75) is 42.7 Å². The summed E-state index contributed by atoms with van der Waals surface area (Å²) in [5, 5.41) is 9.72. The van der Waals surface area contributed by atoms with Gasteiger partial charge in [0.05, 0.1) is 27.4 Å². The molecule has 3 N–H and O–H groups in total. The van der Waals surface area contributed by atoms with Gasteiger partial charge in [0.15, 0.2) is 0 Å². The van der Waals surface area contributed by atoms with Gasteiger partial charge in [-0.1, -0.05) is 11.6 Å². The summed E-state index contributed by atoms with van der Waals surface area (Å²) >= 11 is 7.21. The van der Waals surface area contributed by atoms with Crippen molar-refractivity contribution in [3.63, 3.8) is 0 Å². The summed E-state index contributed by atoms with van der Waals surface area (Å²) in [6, 6.07) is 8.61. The fraction of sp³-hybridized carbons (Fsp3) is 0.300. The Bertz CT molecular complexity index is 981. The van der Waals surface area contributed by atoms with Gasteiger partial charge in [0.2, 0.25) is 5.91 Å². The molecular formula is C20H19ClFN3O3S. The summed E-state index contributed by atoms with van der Waals surface area (Å²) in [5.74, 6) is -1.13. The van der Waals surface area contributed by atoms with E-state index >= 15 is 0 Å². The second kappa shape index (κ2) is 7.85. The third-order valence-electron chi connectivity index (χ3n) is 5.22. The van der Waals surface area contributed by atoms with E-state index in [1.165, 1.54) is 35.0 Å². The van der Waals surface area contributed by atoms with Crippen LogP contribution in [-0.4, -0.2) is 33.5 Å². The van der Waals surface area contributed by atoms with Gasteiger partial charge < -0.3 is 10.8 Å². The van der Waals surface area contributed by atoms with E-state index < -0.39 is 11.7 Å². The van der Waals surface area contributed by atoms with E-state index in [0.29, 0.717) is 47.5 Å². The Balaban J connectivity index is 1.78. The summed E-state index contributed by atoms with van der Waals surface area (Å²) in [6.45, 7) is 0.